The fourth-order valence-electron chi connectivity index (χ4n) is 1.88. The molecular weight excluding hydrogens is 305 g/mol. The summed E-state index contributed by atoms with van der Waals surface area (Å²) in [5, 5.41) is 2.78. The van der Waals surface area contributed by atoms with E-state index in [2.05, 4.69) is 19.2 Å². The van der Waals surface area contributed by atoms with Crippen LogP contribution in [0.15, 0.2) is 42.5 Å². The molecule has 0 aliphatic carbocycles. The van der Waals surface area contributed by atoms with E-state index in [1.165, 1.54) is 23.8 Å². The van der Waals surface area contributed by atoms with Gasteiger partial charge in [-0.25, -0.2) is 4.39 Å². The summed E-state index contributed by atoms with van der Waals surface area (Å²) in [5.41, 5.74) is 1.23. The van der Waals surface area contributed by atoms with Gasteiger partial charge in [0.15, 0.2) is 6.61 Å². The standard InChI is InChI=1S/C17H17ClFNO2/c1-11(2)12-3-6-14(7-4-12)22-10-17(21)20-16-9-13(18)5-8-15(16)19/h3-9,11H,10H2,1-2H3,(H,20,21). The fourth-order valence-corrected chi connectivity index (χ4v) is 2.05. The molecule has 5 heteroatoms. The van der Waals surface area contributed by atoms with Crippen molar-refractivity contribution >= 4 is 23.2 Å². The summed E-state index contributed by atoms with van der Waals surface area (Å²) in [6.45, 7) is 4.00. The molecule has 0 saturated carbocycles. The Kier molecular flexibility index (Phi) is 5.39. The zero-order valence-corrected chi connectivity index (χ0v) is 13.2. The second-order valence-corrected chi connectivity index (χ2v) is 5.62. The van der Waals surface area contributed by atoms with Crippen molar-refractivity contribution in [2.75, 3.05) is 11.9 Å². The average molecular weight is 322 g/mol. The van der Waals surface area contributed by atoms with E-state index in [-0.39, 0.29) is 12.3 Å². The molecule has 2 rings (SSSR count). The van der Waals surface area contributed by atoms with Crippen molar-refractivity contribution in [3.63, 3.8) is 0 Å². The van der Waals surface area contributed by atoms with Crippen LogP contribution in [0.1, 0.15) is 25.3 Å². The maximum atomic E-state index is 13.5. The third-order valence-corrected chi connectivity index (χ3v) is 3.35. The van der Waals surface area contributed by atoms with Crippen LogP contribution in [0.3, 0.4) is 0 Å². The van der Waals surface area contributed by atoms with Crippen molar-refractivity contribution in [1.82, 2.24) is 0 Å². The van der Waals surface area contributed by atoms with E-state index < -0.39 is 11.7 Å². The topological polar surface area (TPSA) is 38.3 Å². The van der Waals surface area contributed by atoms with E-state index >= 15 is 0 Å². The molecule has 0 atom stereocenters. The molecule has 1 N–H and O–H groups in total. The third-order valence-electron chi connectivity index (χ3n) is 3.12. The second-order valence-electron chi connectivity index (χ2n) is 5.18. The van der Waals surface area contributed by atoms with Crippen LogP contribution in [-0.2, 0) is 4.79 Å². The molecule has 2 aromatic rings. The van der Waals surface area contributed by atoms with Gasteiger partial charge in [0, 0.05) is 5.02 Å². The lowest BCUT2D eigenvalue weighted by atomic mass is 10.0. The van der Waals surface area contributed by atoms with Gasteiger partial charge in [-0.1, -0.05) is 37.6 Å². The van der Waals surface area contributed by atoms with Gasteiger partial charge in [-0.2, -0.15) is 0 Å². The highest BCUT2D eigenvalue weighted by Gasteiger charge is 2.08. The van der Waals surface area contributed by atoms with Crippen molar-refractivity contribution in [2.45, 2.75) is 19.8 Å². The molecule has 3 nitrogen and oxygen atoms in total. The Balaban J connectivity index is 1.91. The molecule has 22 heavy (non-hydrogen) atoms. The van der Waals surface area contributed by atoms with Gasteiger partial charge in [0.2, 0.25) is 0 Å². The minimum atomic E-state index is -0.543. The van der Waals surface area contributed by atoms with Gasteiger partial charge < -0.3 is 10.1 Å². The van der Waals surface area contributed by atoms with Crippen LogP contribution in [0.5, 0.6) is 5.75 Å². The van der Waals surface area contributed by atoms with E-state index in [9.17, 15) is 9.18 Å². The molecule has 0 heterocycles. The number of rotatable bonds is 5. The molecule has 2 aromatic carbocycles. The summed E-state index contributed by atoms with van der Waals surface area (Å²) in [7, 11) is 0. The normalized spacial score (nSPS) is 10.6. The number of carbonyl (C=O) groups is 1. The number of halogens is 2. The summed E-state index contributed by atoms with van der Waals surface area (Å²) >= 11 is 5.76. The average Bonchev–Trinajstić information content (AvgIpc) is 2.49. The Morgan fingerprint density at radius 1 is 1.23 bits per heavy atom. The molecule has 0 aromatic heterocycles. The number of amides is 1. The van der Waals surface area contributed by atoms with Crippen LogP contribution in [-0.4, -0.2) is 12.5 Å². The van der Waals surface area contributed by atoms with E-state index in [4.69, 9.17) is 16.3 Å². The Hall–Kier alpha value is -2.07. The van der Waals surface area contributed by atoms with Crippen molar-refractivity contribution in [3.05, 3.63) is 58.9 Å². The zero-order chi connectivity index (χ0) is 16.1. The lowest BCUT2D eigenvalue weighted by Crippen LogP contribution is -2.20. The van der Waals surface area contributed by atoms with Crippen LogP contribution >= 0.6 is 11.6 Å². The van der Waals surface area contributed by atoms with Crippen LogP contribution in [0, 0.1) is 5.82 Å². The van der Waals surface area contributed by atoms with Gasteiger partial charge >= 0.3 is 0 Å². The Morgan fingerprint density at radius 2 is 1.91 bits per heavy atom. The first-order chi connectivity index (χ1) is 10.5. The SMILES string of the molecule is CC(C)c1ccc(OCC(=O)Nc2cc(Cl)ccc2F)cc1. The minimum Gasteiger partial charge on any atom is -0.484 e. The predicted octanol–water partition coefficient (Wildman–Crippen LogP) is 4.62. The highest BCUT2D eigenvalue weighted by Crippen LogP contribution is 2.20. The number of carbonyl (C=O) groups excluding carboxylic acids is 1. The molecule has 0 fully saturated rings. The molecule has 0 spiro atoms. The minimum absolute atomic E-state index is 0.0382. The van der Waals surface area contributed by atoms with E-state index in [0.717, 1.165) is 0 Å². The number of ether oxygens (including phenoxy) is 1. The highest BCUT2D eigenvalue weighted by atomic mass is 35.5. The van der Waals surface area contributed by atoms with Gasteiger partial charge in [-0.05, 0) is 41.8 Å². The van der Waals surface area contributed by atoms with Crippen molar-refractivity contribution in [3.8, 4) is 5.75 Å². The number of hydrogen-bond donors (Lipinski definition) is 1. The van der Waals surface area contributed by atoms with Crippen LogP contribution in [0.4, 0.5) is 10.1 Å². The van der Waals surface area contributed by atoms with Gasteiger partial charge in [0.25, 0.3) is 5.91 Å². The van der Waals surface area contributed by atoms with Gasteiger partial charge in [-0.3, -0.25) is 4.79 Å². The molecule has 0 aliphatic rings. The van der Waals surface area contributed by atoms with Gasteiger partial charge in [0.05, 0.1) is 5.69 Å². The van der Waals surface area contributed by atoms with Crippen LogP contribution < -0.4 is 10.1 Å². The monoisotopic (exact) mass is 321 g/mol. The Labute approximate surface area is 134 Å². The molecule has 0 aliphatic heterocycles. The quantitative estimate of drug-likeness (QED) is 0.872. The molecule has 116 valence electrons. The number of anilines is 1. The summed E-state index contributed by atoms with van der Waals surface area (Å²) < 4.78 is 18.9. The maximum Gasteiger partial charge on any atom is 0.262 e. The van der Waals surface area contributed by atoms with E-state index in [1.807, 2.05) is 24.3 Å². The molecule has 0 saturated heterocycles. The summed E-state index contributed by atoms with van der Waals surface area (Å²) in [5.74, 6) is 0.0300. The van der Waals surface area contributed by atoms with Crippen molar-refractivity contribution in [1.29, 1.82) is 0 Å². The smallest absolute Gasteiger partial charge is 0.262 e. The Morgan fingerprint density at radius 3 is 2.55 bits per heavy atom. The molecule has 1 amide bonds. The number of benzene rings is 2. The highest BCUT2D eigenvalue weighted by molar-refractivity contribution is 6.30. The summed E-state index contributed by atoms with van der Waals surface area (Å²) in [6, 6.07) is 11.5. The van der Waals surface area contributed by atoms with Crippen LogP contribution in [0.2, 0.25) is 5.02 Å². The maximum absolute atomic E-state index is 13.5. The first-order valence-electron chi connectivity index (χ1n) is 6.93. The largest absolute Gasteiger partial charge is 0.484 e. The van der Waals surface area contributed by atoms with Gasteiger partial charge in [0.1, 0.15) is 11.6 Å². The van der Waals surface area contributed by atoms with E-state index in [0.29, 0.717) is 16.7 Å². The molecule has 0 radical (unpaired) electrons. The van der Waals surface area contributed by atoms with Gasteiger partial charge in [-0.15, -0.1) is 0 Å². The first-order valence-corrected chi connectivity index (χ1v) is 7.31. The van der Waals surface area contributed by atoms with Crippen molar-refractivity contribution in [2.24, 2.45) is 0 Å². The lowest BCUT2D eigenvalue weighted by molar-refractivity contribution is -0.118. The summed E-state index contributed by atoms with van der Waals surface area (Å²) in [4.78, 5) is 11.8. The lowest BCUT2D eigenvalue weighted by Gasteiger charge is -2.10. The second kappa shape index (κ2) is 7.27. The number of hydrogen-bond acceptors (Lipinski definition) is 2. The fraction of sp³-hybridized carbons (Fsp3) is 0.235. The zero-order valence-electron chi connectivity index (χ0n) is 12.4. The van der Waals surface area contributed by atoms with Crippen LogP contribution in [0.25, 0.3) is 0 Å². The Bertz CT molecular complexity index is 656. The summed E-state index contributed by atoms with van der Waals surface area (Å²) in [6.07, 6.45) is 0. The number of nitrogens with one attached hydrogen (secondary N) is 1. The molecule has 0 bridgehead atoms. The van der Waals surface area contributed by atoms with E-state index in [1.54, 1.807) is 0 Å². The first kappa shape index (κ1) is 16.3. The predicted molar refractivity (Wildman–Crippen MR) is 86.1 cm³/mol. The third kappa shape index (κ3) is 4.46. The molecular formula is C17H17ClFNO2. The van der Waals surface area contributed by atoms with Crippen molar-refractivity contribution < 1.29 is 13.9 Å². The molecule has 0 unspecified atom stereocenters.